The van der Waals surface area contributed by atoms with E-state index in [2.05, 4.69) is 19.1 Å². The van der Waals surface area contributed by atoms with E-state index >= 15 is 0 Å². The van der Waals surface area contributed by atoms with E-state index in [1.165, 1.54) is 5.56 Å². The molecule has 0 spiro atoms. The Hall–Kier alpha value is -1.02. The van der Waals surface area contributed by atoms with E-state index in [0.717, 1.165) is 32.0 Å². The average Bonchev–Trinajstić information content (AvgIpc) is 2.16. The molecule has 0 N–H and O–H groups in total. The van der Waals surface area contributed by atoms with Crippen LogP contribution in [0.5, 0.6) is 5.75 Å². The lowest BCUT2D eigenvalue weighted by atomic mass is 10.1. The van der Waals surface area contributed by atoms with Gasteiger partial charge in [0, 0.05) is 5.92 Å². The second-order valence-corrected chi connectivity index (χ2v) is 3.71. The smallest absolute Gasteiger partial charge is 0.119 e. The molecule has 0 saturated carbocycles. The van der Waals surface area contributed by atoms with Gasteiger partial charge in [0.15, 0.2) is 0 Å². The molecule has 0 radical (unpaired) electrons. The summed E-state index contributed by atoms with van der Waals surface area (Å²) in [5.74, 6) is 1.56. The summed E-state index contributed by atoms with van der Waals surface area (Å²) in [6, 6.07) is 8.32. The fourth-order valence-corrected chi connectivity index (χ4v) is 1.42. The standard InChI is InChI=1S/C12H16O2/c1-2-10-3-5-12(6-4-10)14-9-11-7-13-8-11/h3-6,11H,2,7-9H2,1H3. The van der Waals surface area contributed by atoms with Crippen LogP contribution in [0.15, 0.2) is 24.3 Å². The lowest BCUT2D eigenvalue weighted by Crippen LogP contribution is -2.32. The zero-order valence-electron chi connectivity index (χ0n) is 8.53. The maximum absolute atomic E-state index is 5.63. The number of hydrogen-bond acceptors (Lipinski definition) is 2. The molecular weight excluding hydrogens is 176 g/mol. The number of benzene rings is 1. The molecule has 0 aromatic heterocycles. The molecule has 1 aromatic carbocycles. The molecule has 2 heteroatoms. The third-order valence-electron chi connectivity index (χ3n) is 2.52. The van der Waals surface area contributed by atoms with Gasteiger partial charge in [0.1, 0.15) is 5.75 Å². The molecule has 0 atom stereocenters. The Balaban J connectivity index is 1.83. The summed E-state index contributed by atoms with van der Waals surface area (Å²) in [6.45, 7) is 4.65. The van der Waals surface area contributed by atoms with Crippen molar-refractivity contribution in [3.05, 3.63) is 29.8 Å². The molecule has 1 aliphatic heterocycles. The first-order valence-corrected chi connectivity index (χ1v) is 5.18. The molecule has 76 valence electrons. The van der Waals surface area contributed by atoms with Gasteiger partial charge in [-0.15, -0.1) is 0 Å². The van der Waals surface area contributed by atoms with Crippen molar-refractivity contribution >= 4 is 0 Å². The maximum atomic E-state index is 5.63. The van der Waals surface area contributed by atoms with Crippen molar-refractivity contribution in [3.8, 4) is 5.75 Å². The highest BCUT2D eigenvalue weighted by atomic mass is 16.5. The predicted octanol–water partition coefficient (Wildman–Crippen LogP) is 2.27. The van der Waals surface area contributed by atoms with Crippen molar-refractivity contribution in [1.82, 2.24) is 0 Å². The largest absolute Gasteiger partial charge is 0.493 e. The van der Waals surface area contributed by atoms with Crippen molar-refractivity contribution in [1.29, 1.82) is 0 Å². The van der Waals surface area contributed by atoms with Gasteiger partial charge in [0.2, 0.25) is 0 Å². The highest BCUT2D eigenvalue weighted by Gasteiger charge is 2.18. The van der Waals surface area contributed by atoms with Crippen LogP contribution in [0.1, 0.15) is 12.5 Å². The van der Waals surface area contributed by atoms with Gasteiger partial charge in [-0.1, -0.05) is 19.1 Å². The van der Waals surface area contributed by atoms with Crippen LogP contribution in [0, 0.1) is 5.92 Å². The molecule has 1 aromatic rings. The van der Waals surface area contributed by atoms with Gasteiger partial charge in [-0.05, 0) is 24.1 Å². The first-order chi connectivity index (χ1) is 6.88. The molecular formula is C12H16O2. The number of ether oxygens (including phenoxy) is 2. The van der Waals surface area contributed by atoms with E-state index in [4.69, 9.17) is 9.47 Å². The van der Waals surface area contributed by atoms with Gasteiger partial charge in [-0.2, -0.15) is 0 Å². The molecule has 14 heavy (non-hydrogen) atoms. The summed E-state index contributed by atoms with van der Waals surface area (Å²) in [5, 5.41) is 0. The summed E-state index contributed by atoms with van der Waals surface area (Å²) in [7, 11) is 0. The first-order valence-electron chi connectivity index (χ1n) is 5.18. The van der Waals surface area contributed by atoms with Crippen molar-refractivity contribution in [2.45, 2.75) is 13.3 Å². The van der Waals surface area contributed by atoms with Crippen LogP contribution in [-0.2, 0) is 11.2 Å². The summed E-state index contributed by atoms with van der Waals surface area (Å²) in [5.41, 5.74) is 1.35. The van der Waals surface area contributed by atoms with Gasteiger partial charge in [0.05, 0.1) is 19.8 Å². The number of rotatable bonds is 4. The minimum absolute atomic E-state index is 0.598. The Labute approximate surface area is 84.8 Å². The molecule has 1 fully saturated rings. The number of hydrogen-bond donors (Lipinski definition) is 0. The second-order valence-electron chi connectivity index (χ2n) is 3.71. The minimum Gasteiger partial charge on any atom is -0.493 e. The topological polar surface area (TPSA) is 18.5 Å². The molecule has 0 aliphatic carbocycles. The molecule has 2 rings (SSSR count). The fraction of sp³-hybridized carbons (Fsp3) is 0.500. The highest BCUT2D eigenvalue weighted by molar-refractivity contribution is 5.27. The SMILES string of the molecule is CCc1ccc(OCC2COC2)cc1. The van der Waals surface area contributed by atoms with Crippen LogP contribution < -0.4 is 4.74 Å². The molecule has 0 unspecified atom stereocenters. The molecule has 1 heterocycles. The Morgan fingerprint density at radius 1 is 1.29 bits per heavy atom. The van der Waals surface area contributed by atoms with Crippen LogP contribution in [0.2, 0.25) is 0 Å². The van der Waals surface area contributed by atoms with Crippen LogP contribution in [0.25, 0.3) is 0 Å². The quantitative estimate of drug-likeness (QED) is 0.728. The van der Waals surface area contributed by atoms with Gasteiger partial charge in [0.25, 0.3) is 0 Å². The zero-order chi connectivity index (χ0) is 9.80. The Kier molecular flexibility index (Phi) is 3.04. The van der Waals surface area contributed by atoms with E-state index < -0.39 is 0 Å². The van der Waals surface area contributed by atoms with E-state index in [1.807, 2.05) is 12.1 Å². The summed E-state index contributed by atoms with van der Waals surface area (Å²) in [6.07, 6.45) is 1.08. The average molecular weight is 192 g/mol. The van der Waals surface area contributed by atoms with Crippen molar-refractivity contribution in [2.24, 2.45) is 5.92 Å². The molecule has 0 amide bonds. The number of aryl methyl sites for hydroxylation is 1. The Morgan fingerprint density at radius 3 is 2.50 bits per heavy atom. The second kappa shape index (κ2) is 4.47. The van der Waals surface area contributed by atoms with E-state index in [-0.39, 0.29) is 0 Å². The van der Waals surface area contributed by atoms with Crippen LogP contribution in [0.4, 0.5) is 0 Å². The highest BCUT2D eigenvalue weighted by Crippen LogP contribution is 2.16. The monoisotopic (exact) mass is 192 g/mol. The molecule has 1 saturated heterocycles. The summed E-state index contributed by atoms with van der Waals surface area (Å²) in [4.78, 5) is 0. The van der Waals surface area contributed by atoms with E-state index in [0.29, 0.717) is 5.92 Å². The van der Waals surface area contributed by atoms with Gasteiger partial charge in [-0.3, -0.25) is 0 Å². The van der Waals surface area contributed by atoms with Crippen LogP contribution >= 0.6 is 0 Å². The Morgan fingerprint density at radius 2 is 2.00 bits per heavy atom. The van der Waals surface area contributed by atoms with Crippen molar-refractivity contribution < 1.29 is 9.47 Å². The minimum atomic E-state index is 0.598. The summed E-state index contributed by atoms with van der Waals surface area (Å²) >= 11 is 0. The predicted molar refractivity (Wildman–Crippen MR) is 55.6 cm³/mol. The van der Waals surface area contributed by atoms with Crippen LogP contribution in [-0.4, -0.2) is 19.8 Å². The third kappa shape index (κ3) is 2.26. The van der Waals surface area contributed by atoms with E-state index in [9.17, 15) is 0 Å². The maximum Gasteiger partial charge on any atom is 0.119 e. The van der Waals surface area contributed by atoms with E-state index in [1.54, 1.807) is 0 Å². The lowest BCUT2D eigenvalue weighted by molar-refractivity contribution is -0.0508. The zero-order valence-corrected chi connectivity index (χ0v) is 8.53. The third-order valence-corrected chi connectivity index (χ3v) is 2.52. The van der Waals surface area contributed by atoms with Crippen molar-refractivity contribution in [3.63, 3.8) is 0 Å². The first kappa shape index (κ1) is 9.53. The Bertz CT molecular complexity index is 275. The van der Waals surface area contributed by atoms with Gasteiger partial charge in [-0.25, -0.2) is 0 Å². The van der Waals surface area contributed by atoms with Gasteiger partial charge < -0.3 is 9.47 Å². The summed E-state index contributed by atoms with van der Waals surface area (Å²) < 4.78 is 10.7. The molecule has 0 bridgehead atoms. The van der Waals surface area contributed by atoms with Gasteiger partial charge >= 0.3 is 0 Å². The fourth-order valence-electron chi connectivity index (χ4n) is 1.42. The van der Waals surface area contributed by atoms with Crippen LogP contribution in [0.3, 0.4) is 0 Å². The molecule has 1 aliphatic rings. The lowest BCUT2D eigenvalue weighted by Gasteiger charge is -2.25. The van der Waals surface area contributed by atoms with Crippen molar-refractivity contribution in [2.75, 3.05) is 19.8 Å². The molecule has 2 nitrogen and oxygen atoms in total. The normalized spacial score (nSPS) is 16.4.